The number of hydrogen-bond acceptors (Lipinski definition) is 5. The molecule has 0 bridgehead atoms. The second-order valence-electron chi connectivity index (χ2n) is 18.0. The molecule has 4 rings (SSSR count). The standard InChI is InChI=1S/C41H69IO5Si3/c1-13-49(14-2,15-3)46-34-28-33(44-41(30-34)32-40(10,29-35(31-42)45-41)47-48(11,12)38(4,5)6)26-27-43-50(39(7,8)9,36-22-18-16-19-23-36)37-24-20-17-21-25-37/h16-25,33-35H,13-15,26-32H2,1-12H3/t33-,34-,35+,40-,41-/m0/s1. The van der Waals surface area contributed by atoms with Crippen molar-refractivity contribution in [1.29, 1.82) is 0 Å². The topological polar surface area (TPSA) is 46.2 Å². The molecular formula is C41H69IO5Si3. The lowest BCUT2D eigenvalue weighted by Gasteiger charge is -2.56. The fraction of sp³-hybridized carbons (Fsp3) is 0.707. The van der Waals surface area contributed by atoms with Crippen LogP contribution in [0.3, 0.4) is 0 Å². The summed E-state index contributed by atoms with van der Waals surface area (Å²) in [4.78, 5) is 0. The molecule has 0 radical (unpaired) electrons. The summed E-state index contributed by atoms with van der Waals surface area (Å²) in [6.07, 6.45) is 4.17. The van der Waals surface area contributed by atoms with Gasteiger partial charge in [-0.25, -0.2) is 0 Å². The molecular weight excluding hydrogens is 784 g/mol. The number of rotatable bonds is 14. The number of benzene rings is 2. The maximum atomic E-state index is 7.40. The van der Waals surface area contributed by atoms with Gasteiger partial charge in [0.15, 0.2) is 22.4 Å². The average Bonchev–Trinajstić information content (AvgIpc) is 3.04. The van der Waals surface area contributed by atoms with Crippen LogP contribution < -0.4 is 10.4 Å². The number of halogens is 1. The van der Waals surface area contributed by atoms with Crippen molar-refractivity contribution in [3.63, 3.8) is 0 Å². The van der Waals surface area contributed by atoms with Crippen molar-refractivity contribution in [2.24, 2.45) is 0 Å². The van der Waals surface area contributed by atoms with E-state index in [2.05, 4.69) is 166 Å². The van der Waals surface area contributed by atoms with Crippen LogP contribution in [0.4, 0.5) is 0 Å². The van der Waals surface area contributed by atoms with Crippen LogP contribution in [0.1, 0.15) is 101 Å². The second-order valence-corrected chi connectivity index (χ2v) is 32.6. The largest absolute Gasteiger partial charge is 0.414 e. The molecule has 0 saturated carbocycles. The van der Waals surface area contributed by atoms with E-state index >= 15 is 0 Å². The Hall–Kier alpha value is -0.379. The minimum absolute atomic E-state index is 0.0330. The molecule has 0 amide bonds. The van der Waals surface area contributed by atoms with Crippen molar-refractivity contribution < 1.29 is 22.8 Å². The van der Waals surface area contributed by atoms with E-state index in [0.717, 1.165) is 54.7 Å². The highest BCUT2D eigenvalue weighted by Gasteiger charge is 2.56. The lowest BCUT2D eigenvalue weighted by Crippen LogP contribution is -2.66. The molecule has 0 aliphatic carbocycles. The molecule has 2 aliphatic rings. The van der Waals surface area contributed by atoms with Gasteiger partial charge < -0.3 is 22.8 Å². The van der Waals surface area contributed by atoms with Gasteiger partial charge in [-0.2, -0.15) is 0 Å². The number of hydrogen-bond donors (Lipinski definition) is 0. The van der Waals surface area contributed by atoms with Crippen LogP contribution in [-0.4, -0.2) is 65.7 Å². The molecule has 5 atom stereocenters. The summed E-state index contributed by atoms with van der Waals surface area (Å²) >= 11 is 2.49. The molecule has 2 aromatic carbocycles. The minimum Gasteiger partial charge on any atom is -0.414 e. The summed E-state index contributed by atoms with van der Waals surface area (Å²) in [6, 6.07) is 25.3. The third-order valence-corrected chi connectivity index (χ3v) is 27.5. The first-order valence-electron chi connectivity index (χ1n) is 19.4. The van der Waals surface area contributed by atoms with Crippen molar-refractivity contribution in [1.82, 2.24) is 0 Å². The number of ether oxygens (including phenoxy) is 2. The lowest BCUT2D eigenvalue weighted by atomic mass is 9.82. The van der Waals surface area contributed by atoms with Gasteiger partial charge >= 0.3 is 0 Å². The predicted octanol–water partition coefficient (Wildman–Crippen LogP) is 10.6. The van der Waals surface area contributed by atoms with Gasteiger partial charge in [0, 0.05) is 30.3 Å². The van der Waals surface area contributed by atoms with Gasteiger partial charge in [-0.3, -0.25) is 0 Å². The van der Waals surface area contributed by atoms with Gasteiger partial charge in [-0.05, 0) is 71.4 Å². The molecule has 2 aromatic rings. The Bertz CT molecular complexity index is 1300. The van der Waals surface area contributed by atoms with Crippen LogP contribution in [0.25, 0.3) is 0 Å². The monoisotopic (exact) mass is 852 g/mol. The fourth-order valence-corrected chi connectivity index (χ4v) is 18.1. The van der Waals surface area contributed by atoms with Crippen molar-refractivity contribution in [2.75, 3.05) is 11.0 Å². The average molecular weight is 853 g/mol. The summed E-state index contributed by atoms with van der Waals surface area (Å²) in [5.41, 5.74) is -0.330. The quantitative estimate of drug-likeness (QED) is 0.108. The van der Waals surface area contributed by atoms with E-state index in [1.54, 1.807) is 0 Å². The Morgan fingerprint density at radius 2 is 1.30 bits per heavy atom. The normalized spacial score (nSPS) is 27.1. The lowest BCUT2D eigenvalue weighted by molar-refractivity contribution is -0.344. The van der Waals surface area contributed by atoms with E-state index < -0.39 is 30.7 Å². The van der Waals surface area contributed by atoms with Crippen LogP contribution in [0.2, 0.25) is 41.3 Å². The van der Waals surface area contributed by atoms with Gasteiger partial charge in [0.1, 0.15) is 0 Å². The maximum Gasteiger partial charge on any atom is 0.261 e. The highest BCUT2D eigenvalue weighted by Crippen LogP contribution is 2.50. The van der Waals surface area contributed by atoms with Crippen LogP contribution in [-0.2, 0) is 22.8 Å². The molecule has 2 heterocycles. The van der Waals surface area contributed by atoms with E-state index in [9.17, 15) is 0 Å². The summed E-state index contributed by atoms with van der Waals surface area (Å²) < 4.78 is 37.3. The van der Waals surface area contributed by atoms with E-state index in [0.29, 0.717) is 6.61 Å². The van der Waals surface area contributed by atoms with Crippen molar-refractivity contribution >= 4 is 57.9 Å². The molecule has 0 N–H and O–H groups in total. The molecule has 1 spiro atoms. The molecule has 2 fully saturated rings. The van der Waals surface area contributed by atoms with Gasteiger partial charge in [0.05, 0.1) is 23.9 Å². The van der Waals surface area contributed by atoms with Crippen LogP contribution in [0.5, 0.6) is 0 Å². The summed E-state index contributed by atoms with van der Waals surface area (Å²) in [6.45, 7) is 28.7. The van der Waals surface area contributed by atoms with Gasteiger partial charge in [0.2, 0.25) is 0 Å². The molecule has 5 nitrogen and oxygen atoms in total. The first kappa shape index (κ1) is 42.4. The van der Waals surface area contributed by atoms with Gasteiger partial charge in [-0.15, -0.1) is 0 Å². The maximum absolute atomic E-state index is 7.40. The Morgan fingerprint density at radius 1 is 0.780 bits per heavy atom. The smallest absolute Gasteiger partial charge is 0.261 e. The molecule has 2 saturated heterocycles. The molecule has 2 aliphatic heterocycles. The Labute approximate surface area is 322 Å². The molecule has 282 valence electrons. The highest BCUT2D eigenvalue weighted by atomic mass is 127. The number of alkyl halides is 1. The molecule has 50 heavy (non-hydrogen) atoms. The summed E-state index contributed by atoms with van der Waals surface area (Å²) in [5.74, 6) is -0.744. The summed E-state index contributed by atoms with van der Waals surface area (Å²) in [7, 11) is -6.60. The third-order valence-electron chi connectivity index (χ3n) is 12.1. The van der Waals surface area contributed by atoms with Crippen molar-refractivity contribution in [3.8, 4) is 0 Å². The Kier molecular flexibility index (Phi) is 14.0. The van der Waals surface area contributed by atoms with Crippen LogP contribution in [0, 0.1) is 0 Å². The zero-order valence-corrected chi connectivity index (χ0v) is 38.7. The Morgan fingerprint density at radius 3 is 1.76 bits per heavy atom. The molecule has 0 aromatic heterocycles. The minimum atomic E-state index is -2.67. The SMILES string of the molecule is CC[Si](CC)(CC)O[C@H]1C[C@H](CCO[Si](c2ccccc2)(c2ccccc2)C(C)(C)C)O[C@]2(C1)C[C@@](C)(O[Si](C)(C)C(C)(C)C)C[C@H](CI)O2. The van der Waals surface area contributed by atoms with E-state index in [1.807, 2.05) is 0 Å². The van der Waals surface area contributed by atoms with Crippen LogP contribution in [0.15, 0.2) is 60.7 Å². The van der Waals surface area contributed by atoms with E-state index in [4.69, 9.17) is 22.8 Å². The second kappa shape index (κ2) is 16.6. The van der Waals surface area contributed by atoms with Crippen LogP contribution >= 0.6 is 22.6 Å². The van der Waals surface area contributed by atoms with Crippen molar-refractivity contribution in [2.45, 2.75) is 172 Å². The van der Waals surface area contributed by atoms with E-state index in [1.165, 1.54) is 10.4 Å². The first-order valence-corrected chi connectivity index (χ1v) is 28.2. The summed E-state index contributed by atoms with van der Waals surface area (Å²) in [5, 5.41) is 2.66. The molecule has 0 unspecified atom stereocenters. The fourth-order valence-electron chi connectivity index (χ4n) is 8.48. The van der Waals surface area contributed by atoms with E-state index in [-0.39, 0.29) is 34.0 Å². The molecule has 9 heteroatoms. The first-order chi connectivity index (χ1) is 23.3. The van der Waals surface area contributed by atoms with Crippen molar-refractivity contribution in [3.05, 3.63) is 60.7 Å². The Balaban J connectivity index is 1.69. The highest BCUT2D eigenvalue weighted by molar-refractivity contribution is 14.1. The predicted molar refractivity (Wildman–Crippen MR) is 227 cm³/mol. The van der Waals surface area contributed by atoms with Gasteiger partial charge in [-0.1, -0.05) is 146 Å². The zero-order valence-electron chi connectivity index (χ0n) is 33.5. The zero-order chi connectivity index (χ0) is 37.1. The van der Waals surface area contributed by atoms with Gasteiger partial charge in [0.25, 0.3) is 8.32 Å². The third kappa shape index (κ3) is 9.46.